The molecular weight excluding hydrogens is 405 g/mol. The number of imide groups is 1. The Balaban J connectivity index is 2.03. The standard InChI is InChI=1S/C20H19F3N2O3S/c1-3-28-19(27)25(14-7-5-4-6-8-14)18(26)24-10-9-13-11-17(29-2)15(12-16(13)24)20(21,22)23/h4-8,11-12H,3,9-10H2,1-2H3. The minimum Gasteiger partial charge on any atom is -0.449 e. The van der Waals surface area contributed by atoms with Crippen molar-refractivity contribution in [2.45, 2.75) is 24.4 Å². The van der Waals surface area contributed by atoms with Crippen LogP contribution >= 0.6 is 11.8 Å². The van der Waals surface area contributed by atoms with Crippen molar-refractivity contribution in [3.05, 3.63) is 53.6 Å². The molecule has 0 aromatic heterocycles. The Labute approximate surface area is 170 Å². The average Bonchev–Trinajstić information content (AvgIpc) is 3.10. The molecule has 2 aromatic rings. The van der Waals surface area contributed by atoms with E-state index in [0.29, 0.717) is 12.0 Å². The topological polar surface area (TPSA) is 49.9 Å². The van der Waals surface area contributed by atoms with Crippen LogP contribution in [0.15, 0.2) is 47.4 Å². The van der Waals surface area contributed by atoms with Crippen molar-refractivity contribution in [2.24, 2.45) is 0 Å². The summed E-state index contributed by atoms with van der Waals surface area (Å²) in [6.45, 7) is 1.84. The summed E-state index contributed by atoms with van der Waals surface area (Å²) in [6.07, 6.45) is -3.45. The summed E-state index contributed by atoms with van der Waals surface area (Å²) in [5, 5.41) is 0. The number of para-hydroxylation sites is 1. The fourth-order valence-corrected chi connectivity index (χ4v) is 3.84. The van der Waals surface area contributed by atoms with Gasteiger partial charge in [-0.15, -0.1) is 11.8 Å². The first-order valence-electron chi connectivity index (χ1n) is 8.89. The minimum absolute atomic E-state index is 0.0569. The van der Waals surface area contributed by atoms with E-state index < -0.39 is 23.9 Å². The normalized spacial score (nSPS) is 13.2. The van der Waals surface area contributed by atoms with Gasteiger partial charge < -0.3 is 4.74 Å². The van der Waals surface area contributed by atoms with Crippen molar-refractivity contribution in [1.29, 1.82) is 0 Å². The first-order valence-corrected chi connectivity index (χ1v) is 10.1. The molecule has 0 unspecified atom stereocenters. The number of nitrogens with zero attached hydrogens (tertiary/aromatic N) is 2. The number of halogens is 3. The summed E-state index contributed by atoms with van der Waals surface area (Å²) in [6, 6.07) is 9.85. The van der Waals surface area contributed by atoms with Gasteiger partial charge in [-0.05, 0) is 49.4 Å². The van der Waals surface area contributed by atoms with E-state index in [1.54, 1.807) is 43.5 Å². The lowest BCUT2D eigenvalue weighted by atomic mass is 10.1. The van der Waals surface area contributed by atoms with Gasteiger partial charge in [0, 0.05) is 17.1 Å². The number of carbonyl (C=O) groups excluding carboxylic acids is 2. The SMILES string of the molecule is CCOC(=O)N(C(=O)N1CCc2cc(SC)c(C(F)(F)F)cc21)c1ccccc1. The van der Waals surface area contributed by atoms with E-state index in [-0.39, 0.29) is 29.4 Å². The Morgan fingerprint density at radius 2 is 1.90 bits per heavy atom. The van der Waals surface area contributed by atoms with E-state index in [4.69, 9.17) is 4.74 Å². The van der Waals surface area contributed by atoms with Crippen LogP contribution in [0.2, 0.25) is 0 Å². The van der Waals surface area contributed by atoms with Gasteiger partial charge in [0.05, 0.1) is 17.9 Å². The number of alkyl halides is 3. The van der Waals surface area contributed by atoms with Crippen LogP contribution in [0.5, 0.6) is 0 Å². The number of carbonyl (C=O) groups is 2. The Hall–Kier alpha value is -2.68. The van der Waals surface area contributed by atoms with Crippen LogP contribution in [0, 0.1) is 0 Å². The summed E-state index contributed by atoms with van der Waals surface area (Å²) >= 11 is 1.00. The van der Waals surface area contributed by atoms with Crippen molar-refractivity contribution in [3.63, 3.8) is 0 Å². The predicted molar refractivity (Wildman–Crippen MR) is 106 cm³/mol. The van der Waals surface area contributed by atoms with Gasteiger partial charge in [0.2, 0.25) is 0 Å². The third-order valence-corrected chi connectivity index (χ3v) is 5.27. The van der Waals surface area contributed by atoms with Gasteiger partial charge in [-0.2, -0.15) is 18.1 Å². The molecule has 154 valence electrons. The number of hydrogen-bond acceptors (Lipinski definition) is 4. The molecule has 0 spiro atoms. The lowest BCUT2D eigenvalue weighted by Gasteiger charge is -2.27. The highest BCUT2D eigenvalue weighted by molar-refractivity contribution is 7.98. The van der Waals surface area contributed by atoms with Crippen LogP contribution in [0.1, 0.15) is 18.1 Å². The molecule has 0 N–H and O–H groups in total. The largest absolute Gasteiger partial charge is 0.449 e. The zero-order valence-corrected chi connectivity index (χ0v) is 16.6. The second-order valence-corrected chi connectivity index (χ2v) is 7.08. The third kappa shape index (κ3) is 4.19. The van der Waals surface area contributed by atoms with Crippen LogP contribution in [-0.4, -0.2) is 31.5 Å². The van der Waals surface area contributed by atoms with Crippen molar-refractivity contribution < 1.29 is 27.5 Å². The van der Waals surface area contributed by atoms with Crippen molar-refractivity contribution in [2.75, 3.05) is 29.2 Å². The van der Waals surface area contributed by atoms with Gasteiger partial charge in [0.1, 0.15) is 0 Å². The quantitative estimate of drug-likeness (QED) is 0.604. The number of thioether (sulfide) groups is 1. The van der Waals surface area contributed by atoms with Crippen LogP contribution in [0.25, 0.3) is 0 Å². The van der Waals surface area contributed by atoms with E-state index in [9.17, 15) is 22.8 Å². The maximum Gasteiger partial charge on any atom is 0.422 e. The van der Waals surface area contributed by atoms with Gasteiger partial charge in [-0.1, -0.05) is 18.2 Å². The lowest BCUT2D eigenvalue weighted by Crippen LogP contribution is -2.46. The Morgan fingerprint density at radius 3 is 2.48 bits per heavy atom. The molecule has 0 fully saturated rings. The van der Waals surface area contributed by atoms with E-state index in [1.165, 1.54) is 11.0 Å². The van der Waals surface area contributed by atoms with E-state index in [1.807, 2.05) is 0 Å². The number of fused-ring (bicyclic) bond motifs is 1. The molecule has 29 heavy (non-hydrogen) atoms. The third-order valence-electron chi connectivity index (χ3n) is 4.49. The average molecular weight is 424 g/mol. The van der Waals surface area contributed by atoms with Gasteiger partial charge in [-0.3, -0.25) is 4.90 Å². The summed E-state index contributed by atoms with van der Waals surface area (Å²) in [5.74, 6) is 0. The van der Waals surface area contributed by atoms with Gasteiger partial charge in [0.25, 0.3) is 0 Å². The molecule has 3 rings (SSSR count). The molecule has 0 saturated heterocycles. The second-order valence-electron chi connectivity index (χ2n) is 6.23. The zero-order chi connectivity index (χ0) is 21.2. The van der Waals surface area contributed by atoms with Crippen LogP contribution in [0.3, 0.4) is 0 Å². The molecule has 0 aliphatic carbocycles. The number of anilines is 2. The molecule has 0 radical (unpaired) electrons. The van der Waals surface area contributed by atoms with Crippen molar-refractivity contribution in [3.8, 4) is 0 Å². The number of urea groups is 1. The van der Waals surface area contributed by atoms with Gasteiger partial charge in [0.15, 0.2) is 0 Å². The highest BCUT2D eigenvalue weighted by Gasteiger charge is 2.38. The molecular formula is C20H19F3N2O3S. The van der Waals surface area contributed by atoms with Crippen LogP contribution in [-0.2, 0) is 17.3 Å². The number of amides is 3. The lowest BCUT2D eigenvalue weighted by molar-refractivity contribution is -0.139. The van der Waals surface area contributed by atoms with Crippen LogP contribution < -0.4 is 9.80 Å². The molecule has 0 atom stereocenters. The van der Waals surface area contributed by atoms with E-state index in [2.05, 4.69) is 0 Å². The van der Waals surface area contributed by atoms with Gasteiger partial charge in [-0.25, -0.2) is 9.59 Å². The molecule has 0 bridgehead atoms. The molecule has 5 nitrogen and oxygen atoms in total. The fraction of sp³-hybridized carbons (Fsp3) is 0.300. The van der Waals surface area contributed by atoms with Crippen molar-refractivity contribution in [1.82, 2.24) is 0 Å². The molecule has 1 aliphatic heterocycles. The minimum atomic E-state index is -4.55. The molecule has 9 heteroatoms. The Morgan fingerprint density at radius 1 is 1.21 bits per heavy atom. The molecule has 1 aliphatic rings. The number of benzene rings is 2. The monoisotopic (exact) mass is 424 g/mol. The van der Waals surface area contributed by atoms with Gasteiger partial charge >= 0.3 is 18.3 Å². The predicted octanol–water partition coefficient (Wildman–Crippen LogP) is 5.57. The molecule has 3 amide bonds. The second kappa shape index (κ2) is 8.36. The van der Waals surface area contributed by atoms with Crippen molar-refractivity contribution >= 4 is 35.3 Å². The Kier molecular flexibility index (Phi) is 6.07. The highest BCUT2D eigenvalue weighted by atomic mass is 32.2. The number of hydrogen-bond donors (Lipinski definition) is 0. The fourth-order valence-electron chi connectivity index (χ4n) is 3.18. The maximum absolute atomic E-state index is 13.5. The number of ether oxygens (including phenoxy) is 1. The Bertz CT molecular complexity index is 919. The van der Waals surface area contributed by atoms with E-state index >= 15 is 0 Å². The summed E-state index contributed by atoms with van der Waals surface area (Å²) in [5.41, 5.74) is 0.268. The number of rotatable bonds is 3. The summed E-state index contributed by atoms with van der Waals surface area (Å²) < 4.78 is 45.4. The highest BCUT2D eigenvalue weighted by Crippen LogP contribution is 2.42. The van der Waals surface area contributed by atoms with E-state index in [0.717, 1.165) is 22.7 Å². The molecule has 1 heterocycles. The smallest absolute Gasteiger partial charge is 0.422 e. The summed E-state index contributed by atoms with van der Waals surface area (Å²) in [4.78, 5) is 27.8. The van der Waals surface area contributed by atoms with Crippen LogP contribution in [0.4, 0.5) is 34.1 Å². The summed E-state index contributed by atoms with van der Waals surface area (Å²) in [7, 11) is 0. The zero-order valence-electron chi connectivity index (χ0n) is 15.8. The molecule has 0 saturated carbocycles. The maximum atomic E-state index is 13.5. The first kappa shape index (κ1) is 21.0. The first-order chi connectivity index (χ1) is 13.8. The molecule has 2 aromatic carbocycles.